The van der Waals surface area contributed by atoms with E-state index in [1.54, 1.807) is 0 Å². The van der Waals surface area contributed by atoms with Crippen molar-refractivity contribution >= 4 is 11.6 Å². The van der Waals surface area contributed by atoms with Gasteiger partial charge in [-0.3, -0.25) is 9.59 Å². The van der Waals surface area contributed by atoms with E-state index in [-0.39, 0.29) is 11.6 Å². The Labute approximate surface area is 147 Å². The van der Waals surface area contributed by atoms with Crippen LogP contribution in [0.1, 0.15) is 38.5 Å². The van der Waals surface area contributed by atoms with Crippen LogP contribution in [-0.2, 0) is 9.59 Å². The molecule has 0 aromatic heterocycles. The SMILES string of the molecule is C[N+](C)(C)CC(O)C(=O)CCCCCCC(=O)C(O)C[N+](C)(C)C. The van der Waals surface area contributed by atoms with Crippen LogP contribution in [0.15, 0.2) is 0 Å². The summed E-state index contributed by atoms with van der Waals surface area (Å²) >= 11 is 0. The summed E-state index contributed by atoms with van der Waals surface area (Å²) in [5.74, 6) is -0.199. The van der Waals surface area contributed by atoms with Crippen molar-refractivity contribution < 1.29 is 28.8 Å². The number of Topliss-reactive ketones (excluding diaryl/α,β-unsaturated/α-hetero) is 2. The molecule has 0 aromatic rings. The van der Waals surface area contributed by atoms with Crippen LogP contribution in [0.3, 0.4) is 0 Å². The summed E-state index contributed by atoms with van der Waals surface area (Å²) in [6, 6.07) is 0. The molecule has 0 saturated carbocycles. The average molecular weight is 347 g/mol. The van der Waals surface area contributed by atoms with E-state index >= 15 is 0 Å². The summed E-state index contributed by atoms with van der Waals surface area (Å²) < 4.78 is 1.12. The van der Waals surface area contributed by atoms with Crippen molar-refractivity contribution in [1.82, 2.24) is 0 Å². The first kappa shape index (κ1) is 23.2. The number of likely N-dealkylation sites (N-methyl/N-ethyl adjacent to an activating group) is 2. The Balaban J connectivity index is 3.80. The van der Waals surface area contributed by atoms with E-state index in [0.29, 0.717) is 34.9 Å². The molecule has 0 spiro atoms. The Hall–Kier alpha value is -0.820. The molecule has 142 valence electrons. The maximum absolute atomic E-state index is 11.8. The fraction of sp³-hybridized carbons (Fsp3) is 0.889. The number of carbonyl (C=O) groups is 2. The largest absolute Gasteiger partial charge is 0.380 e. The molecule has 0 aliphatic carbocycles. The molecule has 2 N–H and O–H groups in total. The van der Waals surface area contributed by atoms with Gasteiger partial charge in [-0.2, -0.15) is 0 Å². The first-order valence-electron chi connectivity index (χ1n) is 8.84. The molecule has 0 aromatic carbocycles. The summed E-state index contributed by atoms with van der Waals surface area (Å²) in [7, 11) is 11.7. The average Bonchev–Trinajstić information content (AvgIpc) is 2.38. The highest BCUT2D eigenvalue weighted by atomic mass is 16.3. The second-order valence-electron chi connectivity index (χ2n) is 8.82. The Kier molecular flexibility index (Phi) is 9.88. The normalized spacial score (nSPS) is 15.2. The quantitative estimate of drug-likeness (QED) is 0.378. The highest BCUT2D eigenvalue weighted by Crippen LogP contribution is 2.10. The third kappa shape index (κ3) is 12.6. The van der Waals surface area contributed by atoms with Crippen LogP contribution in [0.4, 0.5) is 0 Å². The summed E-state index contributed by atoms with van der Waals surface area (Å²) in [5.41, 5.74) is 0. The minimum absolute atomic E-state index is 0.0995. The van der Waals surface area contributed by atoms with Gasteiger partial charge in [0.15, 0.2) is 23.8 Å². The molecule has 0 heterocycles. The molecule has 0 saturated heterocycles. The van der Waals surface area contributed by atoms with Crippen LogP contribution in [-0.4, -0.2) is 98.3 Å². The molecule has 2 unspecified atom stereocenters. The molecular formula is C18H38N2O4+2. The van der Waals surface area contributed by atoms with Gasteiger partial charge in [0.25, 0.3) is 0 Å². The van der Waals surface area contributed by atoms with Gasteiger partial charge in [-0.25, -0.2) is 0 Å². The molecule has 6 heteroatoms. The van der Waals surface area contributed by atoms with Crippen molar-refractivity contribution in [2.24, 2.45) is 0 Å². The van der Waals surface area contributed by atoms with Crippen molar-refractivity contribution in [3.05, 3.63) is 0 Å². The second kappa shape index (κ2) is 10.2. The molecule has 0 fully saturated rings. The number of hydrogen-bond donors (Lipinski definition) is 2. The maximum Gasteiger partial charge on any atom is 0.167 e. The topological polar surface area (TPSA) is 74.6 Å². The van der Waals surface area contributed by atoms with Gasteiger partial charge in [0.1, 0.15) is 13.1 Å². The number of hydrogen-bond acceptors (Lipinski definition) is 4. The highest BCUT2D eigenvalue weighted by molar-refractivity contribution is 5.83. The third-order valence-electron chi connectivity index (χ3n) is 3.78. The Morgan fingerprint density at radius 1 is 0.667 bits per heavy atom. The second-order valence-corrected chi connectivity index (χ2v) is 8.82. The van der Waals surface area contributed by atoms with E-state index in [4.69, 9.17) is 0 Å². The van der Waals surface area contributed by atoms with Gasteiger partial charge in [-0.15, -0.1) is 0 Å². The lowest BCUT2D eigenvalue weighted by Gasteiger charge is -2.26. The zero-order chi connectivity index (χ0) is 19.0. The minimum atomic E-state index is -0.891. The van der Waals surface area contributed by atoms with Crippen molar-refractivity contribution in [2.45, 2.75) is 50.7 Å². The van der Waals surface area contributed by atoms with Crippen molar-refractivity contribution in [3.63, 3.8) is 0 Å². The van der Waals surface area contributed by atoms with Gasteiger partial charge in [0, 0.05) is 12.8 Å². The molecule has 0 amide bonds. The number of rotatable bonds is 13. The highest BCUT2D eigenvalue weighted by Gasteiger charge is 2.23. The number of aliphatic hydroxyl groups excluding tert-OH is 2. The zero-order valence-corrected chi connectivity index (χ0v) is 16.4. The monoisotopic (exact) mass is 346 g/mol. The van der Waals surface area contributed by atoms with Crippen LogP contribution < -0.4 is 0 Å². The van der Waals surface area contributed by atoms with Crippen LogP contribution in [0.5, 0.6) is 0 Å². The van der Waals surface area contributed by atoms with Crippen molar-refractivity contribution in [3.8, 4) is 0 Å². The van der Waals surface area contributed by atoms with E-state index in [1.165, 1.54) is 0 Å². The van der Waals surface area contributed by atoms with Crippen molar-refractivity contribution in [2.75, 3.05) is 55.4 Å². The fourth-order valence-electron chi connectivity index (χ4n) is 2.53. The van der Waals surface area contributed by atoms with Crippen molar-refractivity contribution in [1.29, 1.82) is 0 Å². The zero-order valence-electron chi connectivity index (χ0n) is 16.4. The minimum Gasteiger partial charge on any atom is -0.380 e. The molecule has 0 aliphatic heterocycles. The molecule has 0 rings (SSSR count). The number of quaternary nitrogens is 2. The smallest absolute Gasteiger partial charge is 0.167 e. The van der Waals surface area contributed by atoms with Gasteiger partial charge in [0.05, 0.1) is 42.3 Å². The Bertz CT molecular complexity index is 359. The molecule has 0 radical (unpaired) electrons. The lowest BCUT2D eigenvalue weighted by Crippen LogP contribution is -2.44. The summed E-state index contributed by atoms with van der Waals surface area (Å²) in [5, 5.41) is 19.7. The lowest BCUT2D eigenvalue weighted by molar-refractivity contribution is -0.872. The van der Waals surface area contributed by atoms with Crippen LogP contribution in [0.2, 0.25) is 0 Å². The Morgan fingerprint density at radius 3 is 1.21 bits per heavy atom. The number of ketones is 2. The standard InChI is InChI=1S/C18H38N2O4/c1-19(2,3)13-17(23)15(21)11-9-7-8-10-12-16(22)18(24)14-20(4,5)6/h17-18,23-24H,7-14H2,1-6H3/q+2. The van der Waals surface area contributed by atoms with Gasteiger partial charge in [0.2, 0.25) is 0 Å². The summed E-state index contributed by atoms with van der Waals surface area (Å²) in [4.78, 5) is 23.7. The van der Waals surface area contributed by atoms with Gasteiger partial charge >= 0.3 is 0 Å². The molecule has 0 aliphatic rings. The first-order valence-corrected chi connectivity index (χ1v) is 8.84. The molecule has 2 atom stereocenters. The number of aliphatic hydroxyl groups is 2. The van der Waals surface area contributed by atoms with Crippen LogP contribution >= 0.6 is 0 Å². The van der Waals surface area contributed by atoms with E-state index in [0.717, 1.165) is 25.7 Å². The maximum atomic E-state index is 11.8. The Morgan fingerprint density at radius 2 is 0.958 bits per heavy atom. The third-order valence-corrected chi connectivity index (χ3v) is 3.78. The summed E-state index contributed by atoms with van der Waals surface area (Å²) in [6.07, 6.45) is 2.20. The van der Waals surface area contributed by atoms with E-state index in [9.17, 15) is 19.8 Å². The van der Waals surface area contributed by atoms with E-state index < -0.39 is 12.2 Å². The first-order chi connectivity index (χ1) is 10.8. The van der Waals surface area contributed by atoms with Gasteiger partial charge in [-0.05, 0) is 12.8 Å². The number of nitrogens with zero attached hydrogens (tertiary/aromatic N) is 2. The summed E-state index contributed by atoms with van der Waals surface area (Å²) in [6.45, 7) is 0.856. The lowest BCUT2D eigenvalue weighted by atomic mass is 10.0. The van der Waals surface area contributed by atoms with Gasteiger partial charge in [-0.1, -0.05) is 12.8 Å². The number of unbranched alkanes of at least 4 members (excludes halogenated alkanes) is 3. The van der Waals surface area contributed by atoms with E-state index in [2.05, 4.69) is 0 Å². The predicted molar refractivity (Wildman–Crippen MR) is 95.5 cm³/mol. The molecular weight excluding hydrogens is 308 g/mol. The van der Waals surface area contributed by atoms with E-state index in [1.807, 2.05) is 42.3 Å². The fourth-order valence-corrected chi connectivity index (χ4v) is 2.53. The molecule has 24 heavy (non-hydrogen) atoms. The predicted octanol–water partition coefficient (Wildman–Crippen LogP) is 0.599. The van der Waals surface area contributed by atoms with Crippen LogP contribution in [0.25, 0.3) is 0 Å². The molecule has 0 bridgehead atoms. The van der Waals surface area contributed by atoms with Crippen LogP contribution in [0, 0.1) is 0 Å². The molecule has 6 nitrogen and oxygen atoms in total. The van der Waals surface area contributed by atoms with Gasteiger partial charge < -0.3 is 19.2 Å². The number of carbonyl (C=O) groups excluding carboxylic acids is 2.